The standard InChI is InChI=1S/C22H21ClN2O3S2/c1-3-25(30(27,28)21-14-12-20(29-2)13-15-21)19-10-4-16(5-11-19)22(26)24-18-8-6-17(23)7-9-18/h4-15H,3H2,1-2H3,(H,24,26). The Morgan fingerprint density at radius 2 is 1.57 bits per heavy atom. The van der Waals surface area contributed by atoms with Crippen LogP contribution in [-0.4, -0.2) is 27.1 Å². The Balaban J connectivity index is 1.80. The number of hydrogen-bond donors (Lipinski definition) is 1. The molecule has 3 aromatic rings. The Bertz CT molecular complexity index is 1110. The van der Waals surface area contributed by atoms with Gasteiger partial charge in [-0.2, -0.15) is 0 Å². The maximum Gasteiger partial charge on any atom is 0.264 e. The lowest BCUT2D eigenvalue weighted by molar-refractivity contribution is 0.102. The maximum absolute atomic E-state index is 13.1. The number of hydrogen-bond acceptors (Lipinski definition) is 4. The third-order valence-electron chi connectivity index (χ3n) is 4.45. The van der Waals surface area contributed by atoms with Crippen LogP contribution in [0.2, 0.25) is 5.02 Å². The summed E-state index contributed by atoms with van der Waals surface area (Å²) < 4.78 is 27.5. The average Bonchev–Trinajstić information content (AvgIpc) is 2.76. The second-order valence-corrected chi connectivity index (χ2v) is 9.53. The predicted octanol–water partition coefficient (Wildman–Crippen LogP) is 5.53. The average molecular weight is 461 g/mol. The van der Waals surface area contributed by atoms with E-state index in [4.69, 9.17) is 11.6 Å². The van der Waals surface area contributed by atoms with Crippen LogP contribution in [-0.2, 0) is 10.0 Å². The largest absolute Gasteiger partial charge is 0.322 e. The molecular formula is C22H21ClN2O3S2. The molecule has 1 N–H and O–H groups in total. The minimum absolute atomic E-state index is 0.228. The summed E-state index contributed by atoms with van der Waals surface area (Å²) in [6.45, 7) is 2.04. The first kappa shape index (κ1) is 22.2. The van der Waals surface area contributed by atoms with E-state index >= 15 is 0 Å². The molecule has 0 unspecified atom stereocenters. The molecule has 0 saturated carbocycles. The summed E-state index contributed by atoms with van der Waals surface area (Å²) in [6, 6.07) is 20.1. The van der Waals surface area contributed by atoms with Crippen molar-refractivity contribution in [2.24, 2.45) is 0 Å². The summed E-state index contributed by atoms with van der Waals surface area (Å²) in [4.78, 5) is 13.7. The molecule has 1 amide bonds. The van der Waals surface area contributed by atoms with Crippen molar-refractivity contribution < 1.29 is 13.2 Å². The van der Waals surface area contributed by atoms with Crippen molar-refractivity contribution in [2.75, 3.05) is 22.4 Å². The van der Waals surface area contributed by atoms with Crippen LogP contribution in [0.15, 0.2) is 82.6 Å². The molecule has 0 spiro atoms. The molecule has 0 heterocycles. The molecule has 0 aromatic heterocycles. The Kier molecular flexibility index (Phi) is 7.07. The Morgan fingerprint density at radius 3 is 2.10 bits per heavy atom. The van der Waals surface area contributed by atoms with E-state index in [0.29, 0.717) is 22.0 Å². The van der Waals surface area contributed by atoms with Crippen LogP contribution in [0.3, 0.4) is 0 Å². The predicted molar refractivity (Wildman–Crippen MR) is 124 cm³/mol. The maximum atomic E-state index is 13.1. The molecule has 0 fully saturated rings. The van der Waals surface area contributed by atoms with Crippen LogP contribution in [0, 0.1) is 0 Å². The zero-order valence-corrected chi connectivity index (χ0v) is 18.9. The molecule has 0 aliphatic carbocycles. The summed E-state index contributed by atoms with van der Waals surface area (Å²) in [5.41, 5.74) is 1.54. The lowest BCUT2D eigenvalue weighted by Crippen LogP contribution is -2.30. The van der Waals surface area contributed by atoms with Gasteiger partial charge in [-0.25, -0.2) is 8.42 Å². The Labute approximate surface area is 186 Å². The smallest absolute Gasteiger partial charge is 0.264 e. The summed E-state index contributed by atoms with van der Waals surface area (Å²) >= 11 is 7.41. The van der Waals surface area contributed by atoms with Gasteiger partial charge in [0.05, 0.1) is 10.6 Å². The third-order valence-corrected chi connectivity index (χ3v) is 7.37. The molecule has 3 aromatic carbocycles. The van der Waals surface area contributed by atoms with Gasteiger partial charge in [0.1, 0.15) is 0 Å². The monoisotopic (exact) mass is 460 g/mol. The second-order valence-electron chi connectivity index (χ2n) is 6.35. The number of nitrogens with zero attached hydrogens (tertiary/aromatic N) is 1. The molecular weight excluding hydrogens is 440 g/mol. The van der Waals surface area contributed by atoms with E-state index in [0.717, 1.165) is 4.90 Å². The van der Waals surface area contributed by atoms with Crippen LogP contribution in [0.25, 0.3) is 0 Å². The number of rotatable bonds is 7. The van der Waals surface area contributed by atoms with Crippen molar-refractivity contribution in [3.63, 3.8) is 0 Å². The van der Waals surface area contributed by atoms with E-state index in [2.05, 4.69) is 5.32 Å². The number of nitrogens with one attached hydrogen (secondary N) is 1. The van der Waals surface area contributed by atoms with Gasteiger partial charge in [-0.1, -0.05) is 11.6 Å². The molecule has 5 nitrogen and oxygen atoms in total. The first-order chi connectivity index (χ1) is 14.3. The molecule has 0 saturated heterocycles. The molecule has 0 radical (unpaired) electrons. The third kappa shape index (κ3) is 4.98. The van der Waals surface area contributed by atoms with Crippen molar-refractivity contribution in [1.29, 1.82) is 0 Å². The summed E-state index contributed by atoms with van der Waals surface area (Å²) in [5.74, 6) is -0.289. The SMILES string of the molecule is CCN(c1ccc(C(=O)Nc2ccc(Cl)cc2)cc1)S(=O)(=O)c1ccc(SC)cc1. The van der Waals surface area contributed by atoms with Crippen molar-refractivity contribution in [2.45, 2.75) is 16.7 Å². The van der Waals surface area contributed by atoms with Crippen LogP contribution in [0.4, 0.5) is 11.4 Å². The van der Waals surface area contributed by atoms with Crippen LogP contribution in [0.5, 0.6) is 0 Å². The van der Waals surface area contributed by atoms with Gasteiger partial charge in [-0.3, -0.25) is 9.10 Å². The van der Waals surface area contributed by atoms with E-state index in [-0.39, 0.29) is 17.3 Å². The lowest BCUT2D eigenvalue weighted by Gasteiger charge is -2.23. The van der Waals surface area contributed by atoms with Crippen molar-refractivity contribution in [3.8, 4) is 0 Å². The number of carbonyl (C=O) groups excluding carboxylic acids is 1. The highest BCUT2D eigenvalue weighted by Crippen LogP contribution is 2.26. The van der Waals surface area contributed by atoms with Crippen LogP contribution >= 0.6 is 23.4 Å². The van der Waals surface area contributed by atoms with Gasteiger partial charge in [0, 0.05) is 27.7 Å². The van der Waals surface area contributed by atoms with E-state index in [1.807, 2.05) is 6.26 Å². The lowest BCUT2D eigenvalue weighted by atomic mass is 10.2. The van der Waals surface area contributed by atoms with Gasteiger partial charge in [-0.15, -0.1) is 11.8 Å². The number of amides is 1. The topological polar surface area (TPSA) is 66.5 Å². The van der Waals surface area contributed by atoms with Gasteiger partial charge in [0.25, 0.3) is 15.9 Å². The second kappa shape index (κ2) is 9.55. The van der Waals surface area contributed by atoms with Gasteiger partial charge >= 0.3 is 0 Å². The van der Waals surface area contributed by atoms with Crippen molar-refractivity contribution >= 4 is 50.7 Å². The number of halogens is 1. The quantitative estimate of drug-likeness (QED) is 0.471. The first-order valence-corrected chi connectivity index (χ1v) is 12.2. The molecule has 3 rings (SSSR count). The fourth-order valence-electron chi connectivity index (χ4n) is 2.88. The zero-order chi connectivity index (χ0) is 21.7. The van der Waals surface area contributed by atoms with E-state index < -0.39 is 10.0 Å². The molecule has 0 aliphatic rings. The summed E-state index contributed by atoms with van der Waals surface area (Å²) in [5, 5.41) is 3.37. The number of benzene rings is 3. The van der Waals surface area contributed by atoms with Crippen LogP contribution in [0.1, 0.15) is 17.3 Å². The fourth-order valence-corrected chi connectivity index (χ4v) is 4.89. The number of thioether (sulfide) groups is 1. The Morgan fingerprint density at radius 1 is 0.967 bits per heavy atom. The molecule has 0 bridgehead atoms. The summed E-state index contributed by atoms with van der Waals surface area (Å²) in [6.07, 6.45) is 1.94. The van der Waals surface area contributed by atoms with Gasteiger partial charge in [0.2, 0.25) is 0 Å². The first-order valence-electron chi connectivity index (χ1n) is 9.19. The number of anilines is 2. The molecule has 156 valence electrons. The molecule has 30 heavy (non-hydrogen) atoms. The summed E-state index contributed by atoms with van der Waals surface area (Å²) in [7, 11) is -3.70. The van der Waals surface area contributed by atoms with E-state index in [1.165, 1.54) is 4.31 Å². The van der Waals surface area contributed by atoms with Gasteiger partial charge < -0.3 is 5.32 Å². The molecule has 0 aliphatic heterocycles. The highest BCUT2D eigenvalue weighted by atomic mass is 35.5. The van der Waals surface area contributed by atoms with E-state index in [1.54, 1.807) is 91.5 Å². The van der Waals surface area contributed by atoms with Gasteiger partial charge in [0.15, 0.2) is 0 Å². The van der Waals surface area contributed by atoms with E-state index in [9.17, 15) is 13.2 Å². The minimum Gasteiger partial charge on any atom is -0.322 e. The van der Waals surface area contributed by atoms with Crippen molar-refractivity contribution in [1.82, 2.24) is 0 Å². The molecule has 8 heteroatoms. The highest BCUT2D eigenvalue weighted by molar-refractivity contribution is 7.98. The van der Waals surface area contributed by atoms with Crippen molar-refractivity contribution in [3.05, 3.63) is 83.4 Å². The normalized spacial score (nSPS) is 11.2. The fraction of sp³-hybridized carbons (Fsp3) is 0.136. The van der Waals surface area contributed by atoms with Crippen LogP contribution < -0.4 is 9.62 Å². The zero-order valence-electron chi connectivity index (χ0n) is 16.5. The van der Waals surface area contributed by atoms with Gasteiger partial charge in [-0.05, 0) is 86.0 Å². The number of sulfonamides is 1. The molecule has 0 atom stereocenters. The highest BCUT2D eigenvalue weighted by Gasteiger charge is 2.23. The minimum atomic E-state index is -3.70. The number of carbonyl (C=O) groups is 1. The Hall–Kier alpha value is -2.48.